The lowest BCUT2D eigenvalue weighted by atomic mass is 9.86. The molecule has 1 aromatic heterocycles. The third kappa shape index (κ3) is 4.12. The number of hydrogen-bond donors (Lipinski definition) is 1. The van der Waals surface area contributed by atoms with E-state index < -0.39 is 12.1 Å². The predicted molar refractivity (Wildman–Crippen MR) is 146 cm³/mol. The summed E-state index contributed by atoms with van der Waals surface area (Å²) in [6.07, 6.45) is 0.487. The van der Waals surface area contributed by atoms with Crippen LogP contribution in [0.3, 0.4) is 0 Å². The summed E-state index contributed by atoms with van der Waals surface area (Å²) in [6, 6.07) is 23.2. The molecule has 198 valence electrons. The van der Waals surface area contributed by atoms with Gasteiger partial charge in [0.2, 0.25) is 18.6 Å². The first kappa shape index (κ1) is 23.8. The first-order chi connectivity index (χ1) is 19.1. The van der Waals surface area contributed by atoms with Gasteiger partial charge in [0, 0.05) is 42.7 Å². The van der Waals surface area contributed by atoms with Crippen molar-refractivity contribution in [1.82, 2.24) is 19.7 Å². The number of para-hydroxylation sites is 1. The lowest BCUT2D eigenvalue weighted by Crippen LogP contribution is -2.63. The Balaban J connectivity index is 1.20. The van der Waals surface area contributed by atoms with Crippen LogP contribution >= 0.6 is 0 Å². The molecule has 1 fully saturated rings. The molecule has 4 heterocycles. The zero-order valence-corrected chi connectivity index (χ0v) is 21.8. The molecule has 1 saturated heterocycles. The van der Waals surface area contributed by atoms with Crippen LogP contribution in [0.15, 0.2) is 72.8 Å². The minimum Gasteiger partial charge on any atom is -0.454 e. The Hall–Kier alpha value is -4.30. The summed E-state index contributed by atoms with van der Waals surface area (Å²) in [5, 5.41) is 1.10. The van der Waals surface area contributed by atoms with Gasteiger partial charge in [-0.1, -0.05) is 54.6 Å². The molecule has 8 heteroatoms. The van der Waals surface area contributed by atoms with Gasteiger partial charge in [-0.15, -0.1) is 0 Å². The number of rotatable bonds is 6. The second-order valence-electron chi connectivity index (χ2n) is 10.6. The van der Waals surface area contributed by atoms with Gasteiger partial charge < -0.3 is 29.2 Å². The molecule has 0 spiro atoms. The highest BCUT2D eigenvalue weighted by Gasteiger charge is 2.48. The van der Waals surface area contributed by atoms with Crippen LogP contribution in [-0.4, -0.2) is 71.0 Å². The number of H-pyrrole nitrogens is 1. The van der Waals surface area contributed by atoms with Crippen LogP contribution in [0, 0.1) is 0 Å². The van der Waals surface area contributed by atoms with Crippen molar-refractivity contribution in [3.05, 3.63) is 95.2 Å². The van der Waals surface area contributed by atoms with E-state index in [1.165, 1.54) is 5.56 Å². The Morgan fingerprint density at radius 3 is 2.64 bits per heavy atom. The number of hydrogen-bond acceptors (Lipinski definition) is 5. The Morgan fingerprint density at radius 2 is 1.77 bits per heavy atom. The zero-order valence-electron chi connectivity index (χ0n) is 21.8. The highest BCUT2D eigenvalue weighted by molar-refractivity contribution is 5.97. The van der Waals surface area contributed by atoms with Crippen molar-refractivity contribution in [2.75, 3.05) is 33.5 Å². The Morgan fingerprint density at radius 1 is 0.974 bits per heavy atom. The highest BCUT2D eigenvalue weighted by Crippen LogP contribution is 2.44. The standard InChI is InChI=1S/C31H30N4O4/c1-33(17-20-7-3-2-4-8-20)13-14-34-18-28(36)35-25(31(34)37)16-23-22-9-5-6-10-24(22)32-29(23)30(35)21-11-12-26-27(15-21)39-19-38-26/h2-12,15,25,30,32H,13-14,16-19H2,1H3/t25-,30-/m1/s1. The molecule has 0 bridgehead atoms. The minimum atomic E-state index is -0.562. The maximum Gasteiger partial charge on any atom is 0.246 e. The second kappa shape index (κ2) is 9.47. The van der Waals surface area contributed by atoms with Crippen LogP contribution in [0.2, 0.25) is 0 Å². The van der Waals surface area contributed by atoms with Gasteiger partial charge in [0.15, 0.2) is 11.5 Å². The molecule has 2 atom stereocenters. The fraction of sp³-hybridized carbons (Fsp3) is 0.290. The number of nitrogens with zero attached hydrogens (tertiary/aromatic N) is 3. The number of fused-ring (bicyclic) bond motifs is 5. The number of amides is 2. The van der Waals surface area contributed by atoms with Gasteiger partial charge in [-0.3, -0.25) is 9.59 Å². The third-order valence-electron chi connectivity index (χ3n) is 8.10. The molecule has 0 radical (unpaired) electrons. The Labute approximate surface area is 226 Å². The van der Waals surface area contributed by atoms with E-state index in [-0.39, 0.29) is 25.2 Å². The molecular weight excluding hydrogens is 492 g/mol. The number of ether oxygens (including phenoxy) is 2. The van der Waals surface area contributed by atoms with Crippen molar-refractivity contribution in [3.8, 4) is 11.5 Å². The molecule has 1 N–H and O–H groups in total. The molecule has 4 aromatic rings. The number of piperazine rings is 1. The van der Waals surface area contributed by atoms with Crippen molar-refractivity contribution in [1.29, 1.82) is 0 Å². The summed E-state index contributed by atoms with van der Waals surface area (Å²) in [4.78, 5) is 37.1. The lowest BCUT2D eigenvalue weighted by Gasteiger charge is -2.47. The first-order valence-electron chi connectivity index (χ1n) is 13.4. The predicted octanol–water partition coefficient (Wildman–Crippen LogP) is 3.71. The minimum absolute atomic E-state index is 0.00406. The summed E-state index contributed by atoms with van der Waals surface area (Å²) < 4.78 is 11.2. The molecule has 0 aliphatic carbocycles. The van der Waals surface area contributed by atoms with E-state index in [9.17, 15) is 9.59 Å². The molecule has 8 nitrogen and oxygen atoms in total. The molecule has 7 rings (SSSR count). The number of carbonyl (C=O) groups excluding carboxylic acids is 2. The number of aromatic amines is 1. The number of carbonyl (C=O) groups is 2. The fourth-order valence-corrected chi connectivity index (χ4v) is 6.21. The Bertz CT molecular complexity index is 1570. The maximum atomic E-state index is 14.0. The molecule has 39 heavy (non-hydrogen) atoms. The van der Waals surface area contributed by atoms with Gasteiger partial charge in [0.1, 0.15) is 6.04 Å². The zero-order chi connectivity index (χ0) is 26.5. The quantitative estimate of drug-likeness (QED) is 0.418. The average molecular weight is 523 g/mol. The van der Waals surface area contributed by atoms with Crippen molar-refractivity contribution >= 4 is 22.7 Å². The summed E-state index contributed by atoms with van der Waals surface area (Å²) >= 11 is 0. The van der Waals surface area contributed by atoms with E-state index >= 15 is 0 Å². The van der Waals surface area contributed by atoms with E-state index in [4.69, 9.17) is 9.47 Å². The number of benzene rings is 3. The molecule has 0 unspecified atom stereocenters. The number of likely N-dealkylation sites (N-methyl/N-ethyl adjacent to an activating group) is 1. The van der Waals surface area contributed by atoms with Crippen LogP contribution in [0.5, 0.6) is 11.5 Å². The van der Waals surface area contributed by atoms with Gasteiger partial charge in [-0.25, -0.2) is 0 Å². The molecular formula is C31H30N4O4. The van der Waals surface area contributed by atoms with Gasteiger partial charge >= 0.3 is 0 Å². The van der Waals surface area contributed by atoms with E-state index in [1.54, 1.807) is 9.80 Å². The molecule has 0 saturated carbocycles. The van der Waals surface area contributed by atoms with Gasteiger partial charge in [-0.05, 0) is 41.9 Å². The second-order valence-corrected chi connectivity index (χ2v) is 10.6. The van der Waals surface area contributed by atoms with Crippen molar-refractivity contribution in [2.24, 2.45) is 0 Å². The van der Waals surface area contributed by atoms with Crippen LogP contribution in [-0.2, 0) is 22.6 Å². The summed E-state index contributed by atoms with van der Waals surface area (Å²) in [5.41, 5.74) is 5.18. The smallest absolute Gasteiger partial charge is 0.246 e. The maximum absolute atomic E-state index is 14.0. The summed E-state index contributed by atoms with van der Waals surface area (Å²) in [6.45, 7) is 2.24. The van der Waals surface area contributed by atoms with E-state index in [1.807, 2.05) is 61.6 Å². The summed E-state index contributed by atoms with van der Waals surface area (Å²) in [5.74, 6) is 1.31. The van der Waals surface area contributed by atoms with Crippen LogP contribution in [0.1, 0.15) is 28.4 Å². The largest absolute Gasteiger partial charge is 0.454 e. The molecule has 3 aliphatic rings. The van der Waals surface area contributed by atoms with Crippen LogP contribution < -0.4 is 9.47 Å². The van der Waals surface area contributed by atoms with Gasteiger partial charge in [0.25, 0.3) is 0 Å². The molecule has 3 aromatic carbocycles. The summed E-state index contributed by atoms with van der Waals surface area (Å²) in [7, 11) is 2.05. The highest BCUT2D eigenvalue weighted by atomic mass is 16.7. The SMILES string of the molecule is CN(CCN1CC(=O)N2[C@H](c3ccc4c(c3)OCO4)c3[nH]c4ccccc4c3C[C@@H]2C1=O)Cc1ccccc1. The van der Waals surface area contributed by atoms with Crippen LogP contribution in [0.25, 0.3) is 10.9 Å². The molecule has 2 amide bonds. The van der Waals surface area contributed by atoms with Crippen LogP contribution in [0.4, 0.5) is 0 Å². The third-order valence-corrected chi connectivity index (χ3v) is 8.10. The monoisotopic (exact) mass is 522 g/mol. The van der Waals surface area contributed by atoms with E-state index in [2.05, 4.69) is 28.1 Å². The van der Waals surface area contributed by atoms with E-state index in [0.29, 0.717) is 31.0 Å². The van der Waals surface area contributed by atoms with Crippen molar-refractivity contribution < 1.29 is 19.1 Å². The first-order valence-corrected chi connectivity index (χ1v) is 13.4. The Kier molecular flexibility index (Phi) is 5.77. The van der Waals surface area contributed by atoms with Crippen molar-refractivity contribution in [2.45, 2.75) is 25.0 Å². The molecule has 3 aliphatic heterocycles. The lowest BCUT2D eigenvalue weighted by molar-refractivity contribution is -0.158. The van der Waals surface area contributed by atoms with Crippen molar-refractivity contribution in [3.63, 3.8) is 0 Å². The normalized spacial score (nSPS) is 20.1. The average Bonchev–Trinajstić information content (AvgIpc) is 3.58. The van der Waals surface area contributed by atoms with Gasteiger partial charge in [0.05, 0.1) is 12.6 Å². The van der Waals surface area contributed by atoms with E-state index in [0.717, 1.165) is 34.3 Å². The fourth-order valence-electron chi connectivity index (χ4n) is 6.21. The number of nitrogens with one attached hydrogen (secondary N) is 1. The van der Waals surface area contributed by atoms with Gasteiger partial charge in [-0.2, -0.15) is 0 Å². The topological polar surface area (TPSA) is 78.1 Å². The number of aromatic nitrogens is 1.